The minimum Gasteiger partial charge on any atom is -0.496 e. The van der Waals surface area contributed by atoms with Gasteiger partial charge in [0.25, 0.3) is 0 Å². The molecule has 498 valence electrons. The third-order valence-electron chi connectivity index (χ3n) is 16.1. The van der Waals surface area contributed by atoms with Crippen molar-refractivity contribution in [2.45, 2.75) is 85.7 Å². The molecule has 9 rings (SSSR count). The first-order valence-corrected chi connectivity index (χ1v) is 31.1. The first-order valence-electron chi connectivity index (χ1n) is 31.1. The molecule has 3 aliphatic heterocycles. The zero-order valence-electron chi connectivity index (χ0n) is 54.8. The normalized spacial score (nSPS) is 15.5. The number of ether oxygens (including phenoxy) is 12. The molecule has 3 saturated heterocycles. The molecule has 6 aromatic carbocycles. The lowest BCUT2D eigenvalue weighted by molar-refractivity contribution is -0.149. The van der Waals surface area contributed by atoms with Crippen LogP contribution in [-0.4, -0.2) is 146 Å². The summed E-state index contributed by atoms with van der Waals surface area (Å²) in [5, 5.41) is 0. The Morgan fingerprint density at radius 1 is 0.366 bits per heavy atom. The first kappa shape index (κ1) is 70.8. The topological polar surface area (TPSA) is 223 Å². The molecular formula is C72H87N3O18. The van der Waals surface area contributed by atoms with Gasteiger partial charge in [-0.25, -0.2) is 14.4 Å². The monoisotopic (exact) mass is 1280 g/mol. The molecular weight excluding hydrogens is 1190 g/mol. The predicted octanol–water partition coefficient (Wildman–Crippen LogP) is 11.6. The summed E-state index contributed by atoms with van der Waals surface area (Å²) in [5.41, 5.74) is 8.49. The van der Waals surface area contributed by atoms with E-state index >= 15 is 0 Å². The quantitative estimate of drug-likeness (QED) is 0.0312. The number of amides is 3. The summed E-state index contributed by atoms with van der Waals surface area (Å²) in [6.45, 7) is 9.60. The zero-order chi connectivity index (χ0) is 66.7. The molecule has 0 radical (unpaired) electrons. The minimum absolute atomic E-state index is 0.134. The number of esters is 3. The standard InChI is InChI=1S/C25H31NO6.C24H29NO6.C23H27NO6/c1-18-14-20(15-22(29-2)23(18)30-3)10-7-13-31-24(27)21-11-12-26(16-21)25(28)32-17-19-8-5-4-6-9-19;1-17-21(28-2)13-19(14-22(17)29-3)10-12-30-23(26)20-9-11-25(15-20)24(27)31-16-18-7-5-4-6-8-18;1-16-11-18(12-20(27-2)21(16)28-3)15-29-22(25)19-9-10-24(13-19)23(26)30-14-17-7-5-4-6-8-17/h4-6,8-9,14-15,21H,7,10-13,16-17H2,1-3H3;4-8,13-14,20H,9-12,15-16H2,1-3H3;4-8,11-12,19H,9-10,13-15H2,1-3H3/t21-;20-;19-/m111/s1. The largest absolute Gasteiger partial charge is 0.496 e. The summed E-state index contributed by atoms with van der Waals surface area (Å²) >= 11 is 0. The van der Waals surface area contributed by atoms with Crippen molar-refractivity contribution in [1.82, 2.24) is 14.7 Å². The van der Waals surface area contributed by atoms with E-state index in [0.29, 0.717) is 95.2 Å². The maximum Gasteiger partial charge on any atom is 0.410 e. The third kappa shape index (κ3) is 21.2. The number of hydrogen-bond donors (Lipinski definition) is 0. The van der Waals surface area contributed by atoms with Crippen molar-refractivity contribution < 1.29 is 85.6 Å². The van der Waals surface area contributed by atoms with Crippen molar-refractivity contribution in [2.24, 2.45) is 17.8 Å². The Morgan fingerprint density at radius 3 is 1.09 bits per heavy atom. The van der Waals surface area contributed by atoms with Gasteiger partial charge in [-0.2, -0.15) is 0 Å². The predicted molar refractivity (Wildman–Crippen MR) is 346 cm³/mol. The Labute approximate surface area is 544 Å². The molecule has 0 saturated carbocycles. The highest BCUT2D eigenvalue weighted by Crippen LogP contribution is 2.35. The summed E-state index contributed by atoms with van der Waals surface area (Å²) in [6, 6.07) is 40.1. The summed E-state index contributed by atoms with van der Waals surface area (Å²) < 4.78 is 64.6. The molecule has 21 heteroatoms. The van der Waals surface area contributed by atoms with Gasteiger partial charge >= 0.3 is 36.2 Å². The third-order valence-corrected chi connectivity index (χ3v) is 16.1. The molecule has 3 amide bonds. The van der Waals surface area contributed by atoms with Crippen molar-refractivity contribution in [2.75, 3.05) is 95.1 Å². The van der Waals surface area contributed by atoms with Crippen molar-refractivity contribution in [3.63, 3.8) is 0 Å². The molecule has 3 heterocycles. The summed E-state index contributed by atoms with van der Waals surface area (Å²) in [5.74, 6) is 2.31. The fourth-order valence-corrected chi connectivity index (χ4v) is 11.0. The fourth-order valence-electron chi connectivity index (χ4n) is 11.0. The van der Waals surface area contributed by atoms with Gasteiger partial charge in [-0.15, -0.1) is 0 Å². The van der Waals surface area contributed by atoms with Crippen LogP contribution in [0.25, 0.3) is 0 Å². The SMILES string of the molecule is COc1cc(CCCOC(=O)[C@@H]2CCN(C(=O)OCc3ccccc3)C2)cc(C)c1OC.COc1cc(CCOC(=O)[C@@H]2CCN(C(=O)OCc3ccccc3)C2)cc(OC)c1C.COc1cc(COC(=O)[C@@H]2CCN(C(=O)OCc3ccccc3)C2)cc(C)c1OC. The van der Waals surface area contributed by atoms with Crippen molar-refractivity contribution in [3.8, 4) is 34.5 Å². The van der Waals surface area contributed by atoms with Gasteiger partial charge in [0, 0.05) is 51.3 Å². The average Bonchev–Trinajstić information content (AvgIpc) is 2.92. The zero-order valence-corrected chi connectivity index (χ0v) is 54.8. The van der Waals surface area contributed by atoms with Gasteiger partial charge in [-0.05, 0) is 128 Å². The Kier molecular flexibility index (Phi) is 27.7. The van der Waals surface area contributed by atoms with Crippen LogP contribution in [0.2, 0.25) is 0 Å². The number of likely N-dealkylation sites (tertiary alicyclic amines) is 3. The molecule has 3 aliphatic rings. The van der Waals surface area contributed by atoms with Gasteiger partial charge in [0.15, 0.2) is 23.0 Å². The average molecular weight is 1280 g/mol. The van der Waals surface area contributed by atoms with Gasteiger partial charge in [-0.3, -0.25) is 14.4 Å². The van der Waals surface area contributed by atoms with Gasteiger partial charge in [0.2, 0.25) is 0 Å². The van der Waals surface area contributed by atoms with E-state index in [1.54, 1.807) is 63.4 Å². The second kappa shape index (κ2) is 36.4. The summed E-state index contributed by atoms with van der Waals surface area (Å²) in [4.78, 5) is 78.8. The van der Waals surface area contributed by atoms with E-state index in [1.165, 1.54) is 0 Å². The minimum atomic E-state index is -0.412. The maximum absolute atomic E-state index is 12.5. The second-order valence-electron chi connectivity index (χ2n) is 22.6. The van der Waals surface area contributed by atoms with Crippen LogP contribution in [0.5, 0.6) is 34.5 Å². The van der Waals surface area contributed by atoms with Crippen molar-refractivity contribution in [1.29, 1.82) is 0 Å². The van der Waals surface area contributed by atoms with Gasteiger partial charge in [0.05, 0.1) is 73.6 Å². The summed E-state index contributed by atoms with van der Waals surface area (Å²) in [6.07, 6.45) is 2.53. The van der Waals surface area contributed by atoms with E-state index < -0.39 is 18.3 Å². The number of methoxy groups -OCH3 is 6. The van der Waals surface area contributed by atoms with Crippen LogP contribution in [0.3, 0.4) is 0 Å². The van der Waals surface area contributed by atoms with E-state index in [1.807, 2.05) is 136 Å². The molecule has 0 aliphatic carbocycles. The van der Waals surface area contributed by atoms with E-state index in [-0.39, 0.29) is 68.7 Å². The van der Waals surface area contributed by atoms with Crippen LogP contribution < -0.4 is 28.4 Å². The van der Waals surface area contributed by atoms with E-state index in [9.17, 15) is 28.8 Å². The van der Waals surface area contributed by atoms with Gasteiger partial charge < -0.3 is 71.5 Å². The fraction of sp³-hybridized carbons (Fsp3) is 0.417. The molecule has 93 heavy (non-hydrogen) atoms. The Bertz CT molecular complexity index is 3380. The molecule has 0 aromatic heterocycles. The van der Waals surface area contributed by atoms with Crippen LogP contribution in [0.1, 0.15) is 75.8 Å². The Morgan fingerprint density at radius 2 is 0.699 bits per heavy atom. The van der Waals surface area contributed by atoms with Crippen LogP contribution in [0.15, 0.2) is 127 Å². The number of carbonyl (C=O) groups is 6. The van der Waals surface area contributed by atoms with Crippen molar-refractivity contribution >= 4 is 36.2 Å². The van der Waals surface area contributed by atoms with Gasteiger partial charge in [0.1, 0.15) is 37.9 Å². The van der Waals surface area contributed by atoms with E-state index in [2.05, 4.69) is 6.07 Å². The van der Waals surface area contributed by atoms with Crippen LogP contribution >= 0.6 is 0 Å². The lowest BCUT2D eigenvalue weighted by atomic mass is 10.1. The number of nitrogens with zero attached hydrogens (tertiary/aromatic N) is 3. The first-order chi connectivity index (χ1) is 45.0. The highest BCUT2D eigenvalue weighted by atomic mass is 16.6. The molecule has 21 nitrogen and oxygen atoms in total. The lowest BCUT2D eigenvalue weighted by Gasteiger charge is -2.16. The van der Waals surface area contributed by atoms with E-state index in [0.717, 1.165) is 73.7 Å². The number of hydrogen-bond acceptors (Lipinski definition) is 18. The summed E-state index contributed by atoms with van der Waals surface area (Å²) in [7, 11) is 9.62. The van der Waals surface area contributed by atoms with Crippen LogP contribution in [0, 0.1) is 38.5 Å². The smallest absolute Gasteiger partial charge is 0.410 e. The molecule has 0 bridgehead atoms. The number of rotatable bonds is 24. The molecule has 3 fully saturated rings. The highest BCUT2D eigenvalue weighted by molar-refractivity contribution is 5.77. The maximum atomic E-state index is 12.5. The lowest BCUT2D eigenvalue weighted by Crippen LogP contribution is -2.31. The second-order valence-corrected chi connectivity index (χ2v) is 22.6. The molecule has 3 atom stereocenters. The highest BCUT2D eigenvalue weighted by Gasteiger charge is 2.35. The molecule has 0 N–H and O–H groups in total. The number of benzene rings is 6. The molecule has 6 aromatic rings. The Balaban J connectivity index is 0.000000198. The van der Waals surface area contributed by atoms with E-state index in [4.69, 9.17) is 56.8 Å². The van der Waals surface area contributed by atoms with Crippen molar-refractivity contribution in [3.05, 3.63) is 177 Å². The Hall–Kier alpha value is -9.66. The van der Waals surface area contributed by atoms with Gasteiger partial charge in [-0.1, -0.05) is 97.1 Å². The molecule has 0 spiro atoms. The van der Waals surface area contributed by atoms with Crippen LogP contribution in [-0.2, 0) is 82.1 Å². The number of aryl methyl sites for hydroxylation is 3. The molecule has 0 unspecified atom stereocenters. The number of carbonyl (C=O) groups excluding carboxylic acids is 6. The van der Waals surface area contributed by atoms with Crippen LogP contribution in [0.4, 0.5) is 14.4 Å².